The van der Waals surface area contributed by atoms with Gasteiger partial charge in [-0.05, 0) is 0 Å². The molecule has 4 heteroatoms. The van der Waals surface area contributed by atoms with Gasteiger partial charge in [0.1, 0.15) is 0 Å². The van der Waals surface area contributed by atoms with E-state index in [1.54, 1.807) is 18.7 Å². The zero-order valence-corrected chi connectivity index (χ0v) is 10.4. The average Bonchev–Trinajstić information content (AvgIpc) is 3.22. The van der Waals surface area contributed by atoms with Crippen LogP contribution in [0, 0.1) is 0 Å². The van der Waals surface area contributed by atoms with Crippen molar-refractivity contribution in [2.24, 2.45) is 5.73 Å². The summed E-state index contributed by atoms with van der Waals surface area (Å²) in [6.07, 6.45) is 5.08. The number of aromatic amines is 1. The SMILES string of the molecule is N[C]12[CH]3[CH]4[CH]5[CH]1[Fe]45321678[CH]2[CH]1[CH]6[CH]7[CH]28.c1c[nH]cn1. The van der Waals surface area contributed by atoms with Crippen LogP contribution in [-0.2, 0) is 6.51 Å². The third-order valence-electron chi connectivity index (χ3n) is 15.2. The molecule has 0 saturated carbocycles. The van der Waals surface area contributed by atoms with Crippen LogP contribution in [0.5, 0.6) is 0 Å². The van der Waals surface area contributed by atoms with Gasteiger partial charge in [0.2, 0.25) is 0 Å². The van der Waals surface area contributed by atoms with Gasteiger partial charge in [-0.15, -0.1) is 0 Å². The summed E-state index contributed by atoms with van der Waals surface area (Å²) >= 11 is 0. The first kappa shape index (κ1) is 6.23. The van der Waals surface area contributed by atoms with Gasteiger partial charge in [0.25, 0.3) is 0 Å². The third-order valence-corrected chi connectivity index (χ3v) is 57.5. The molecule has 11 rings (SSSR count). The van der Waals surface area contributed by atoms with Gasteiger partial charge in [0.15, 0.2) is 0 Å². The molecule has 1 aromatic rings. The van der Waals surface area contributed by atoms with Crippen LogP contribution < -0.4 is 5.73 Å². The van der Waals surface area contributed by atoms with Crippen LogP contribution in [-0.4, -0.2) is 14.4 Å². The zero-order chi connectivity index (χ0) is 10.5. The molecule has 3 nitrogen and oxygen atoms in total. The Kier molecular flexibility index (Phi) is 0.181. The normalized spacial score (nSPS) is 118. The minimum atomic E-state index is -2.67. The van der Waals surface area contributed by atoms with Gasteiger partial charge in [-0.1, -0.05) is 0 Å². The Labute approximate surface area is 88.8 Å². The summed E-state index contributed by atoms with van der Waals surface area (Å²) in [5, 5.41) is 0. The monoisotopic (exact) mass is 269 g/mol. The van der Waals surface area contributed by atoms with E-state index in [4.69, 9.17) is 5.73 Å². The Morgan fingerprint density at radius 2 is 1.59 bits per heavy atom. The summed E-state index contributed by atoms with van der Waals surface area (Å²) in [4.78, 5) is 19.1. The molecule has 10 aliphatic heterocycles. The number of H-pyrrole nitrogens is 1. The fourth-order valence-electron chi connectivity index (χ4n) is 16.5. The average molecular weight is 269 g/mol. The van der Waals surface area contributed by atoms with Crippen LogP contribution in [0.2, 0.25) is 43.3 Å². The van der Waals surface area contributed by atoms with Crippen LogP contribution in [0.1, 0.15) is 0 Å². The number of aromatic nitrogens is 2. The van der Waals surface area contributed by atoms with E-state index in [0.29, 0.717) is 4.44 Å². The molecule has 10 fully saturated rings. The molecule has 90 valence electrons. The van der Waals surface area contributed by atoms with E-state index in [2.05, 4.69) is 9.97 Å². The van der Waals surface area contributed by atoms with E-state index in [9.17, 15) is 0 Å². The van der Waals surface area contributed by atoms with Crippen LogP contribution in [0.4, 0.5) is 0 Å². The van der Waals surface area contributed by atoms with Crippen molar-refractivity contribution in [1.82, 2.24) is 9.97 Å². The van der Waals surface area contributed by atoms with Gasteiger partial charge in [-0.2, -0.15) is 0 Å². The number of hydrogen-bond donors (Lipinski definition) is 2. The van der Waals surface area contributed by atoms with Crippen LogP contribution in [0.15, 0.2) is 18.7 Å². The van der Waals surface area contributed by atoms with Crippen LogP contribution in [0.3, 0.4) is 0 Å². The third kappa shape index (κ3) is 0.0620. The summed E-state index contributed by atoms with van der Waals surface area (Å²) in [5.41, 5.74) is 6.86. The maximum Gasteiger partial charge on any atom is 0.0919 e. The number of nitrogens with one attached hydrogen (secondary N) is 1. The molecular weight excluding hydrogens is 254 g/mol. The second-order valence-electron chi connectivity index (χ2n) is 10.5. The van der Waals surface area contributed by atoms with Gasteiger partial charge in [0, 0.05) is 12.4 Å². The standard InChI is InChI=1S/C5H6N.C5H5.C3H4N2.Fe/c6-5-3-1-2-4-5;1-2-4-5-3-1;1-2-5-3-4-1;/h1-4H,6H2;1-5H;1-3H,(H,4,5);. The summed E-state index contributed by atoms with van der Waals surface area (Å²) in [6, 6.07) is 0. The van der Waals surface area contributed by atoms with Crippen molar-refractivity contribution >= 4 is 0 Å². The molecule has 1 spiro atoms. The molecule has 4 unspecified atom stereocenters. The molecule has 1 aromatic heterocycles. The fraction of sp³-hybridized carbons (Fsp3) is 0.769. The Balaban J connectivity index is 0.000000109. The number of rotatable bonds is 0. The Hall–Kier alpha value is -0.311. The minimum absolute atomic E-state index is 0.694. The van der Waals surface area contributed by atoms with E-state index in [0.717, 1.165) is 0 Å². The smallest absolute Gasteiger partial charge is 0.0919 e. The second kappa shape index (κ2) is 0.495. The van der Waals surface area contributed by atoms with E-state index < -0.39 is 6.51 Å². The first-order valence-corrected chi connectivity index (χ1v) is 13.3. The van der Waals surface area contributed by atoms with Gasteiger partial charge >= 0.3 is 60.0 Å². The van der Waals surface area contributed by atoms with Crippen molar-refractivity contribution < 1.29 is 6.51 Å². The molecule has 10 saturated heterocycles. The van der Waals surface area contributed by atoms with Gasteiger partial charge in [-0.25, -0.2) is 4.98 Å². The predicted octanol–water partition coefficient (Wildman–Crippen LogP) is 2.65. The van der Waals surface area contributed by atoms with E-state index >= 15 is 0 Å². The van der Waals surface area contributed by atoms with Crippen LogP contribution >= 0.6 is 0 Å². The van der Waals surface area contributed by atoms with Crippen molar-refractivity contribution in [2.45, 2.75) is 47.8 Å². The molecule has 10 aliphatic rings. The van der Waals surface area contributed by atoms with Crippen molar-refractivity contribution in [1.29, 1.82) is 0 Å². The summed E-state index contributed by atoms with van der Waals surface area (Å²) in [6.45, 7) is -2.67. The number of nitrogens with zero attached hydrogens (tertiary/aromatic N) is 1. The Morgan fingerprint density at radius 3 is 1.65 bits per heavy atom. The first-order chi connectivity index (χ1) is 8.05. The number of imidazole rings is 1. The molecule has 11 heterocycles. The first-order valence-electron chi connectivity index (χ1n) is 6.97. The van der Waals surface area contributed by atoms with Crippen LogP contribution in [0.25, 0.3) is 0 Å². The Morgan fingerprint density at radius 1 is 1.00 bits per heavy atom. The molecule has 0 radical (unpaired) electrons. The second-order valence-corrected chi connectivity index (χ2v) is 34.1. The van der Waals surface area contributed by atoms with E-state index in [-0.39, 0.29) is 0 Å². The summed E-state index contributed by atoms with van der Waals surface area (Å²) in [7, 11) is 0. The van der Waals surface area contributed by atoms with Gasteiger partial charge < -0.3 is 4.98 Å². The van der Waals surface area contributed by atoms with Crippen molar-refractivity contribution in [3.63, 3.8) is 0 Å². The molecule has 0 aliphatic carbocycles. The fourth-order valence-corrected chi connectivity index (χ4v) is 89.1. The quantitative estimate of drug-likeness (QED) is 0.711. The molecular formula is C13H15FeN3. The maximum absolute atomic E-state index is 6.86. The van der Waals surface area contributed by atoms with Gasteiger partial charge in [0.05, 0.1) is 6.33 Å². The van der Waals surface area contributed by atoms with E-state index in [1.165, 1.54) is 43.3 Å². The van der Waals surface area contributed by atoms with Crippen molar-refractivity contribution in [3.8, 4) is 0 Å². The van der Waals surface area contributed by atoms with E-state index in [1.807, 2.05) is 0 Å². The predicted molar refractivity (Wildman–Crippen MR) is 59.3 cm³/mol. The van der Waals surface area contributed by atoms with Gasteiger partial charge in [-0.3, -0.25) is 0 Å². The van der Waals surface area contributed by atoms with Crippen molar-refractivity contribution in [2.75, 3.05) is 0 Å². The largest absolute Gasteiger partial charge is 0.351 e. The molecule has 4 atom stereocenters. The number of hydrogen-bond acceptors (Lipinski definition) is 2. The molecule has 0 bridgehead atoms. The number of fused-ring (bicyclic) bond motifs is 10. The molecule has 0 aromatic carbocycles. The molecule has 0 amide bonds. The topological polar surface area (TPSA) is 54.7 Å². The summed E-state index contributed by atoms with van der Waals surface area (Å²) < 4.78 is 0.694. The molecule has 17 heavy (non-hydrogen) atoms. The Bertz CT molecular complexity index is 926. The maximum atomic E-state index is 6.86. The minimum Gasteiger partial charge on any atom is -0.351 e. The summed E-state index contributed by atoms with van der Waals surface area (Å²) in [5.74, 6) is 0. The molecule has 3 N–H and O–H groups in total. The van der Waals surface area contributed by atoms with Crippen molar-refractivity contribution in [3.05, 3.63) is 18.7 Å². The zero-order valence-electron chi connectivity index (χ0n) is 9.31. The number of nitrogens with two attached hydrogens (primary N) is 1.